The lowest BCUT2D eigenvalue weighted by atomic mass is 10.1. The molecule has 0 aliphatic heterocycles. The first-order valence-electron chi connectivity index (χ1n) is 7.98. The van der Waals surface area contributed by atoms with Crippen LogP contribution in [0.4, 0.5) is 5.69 Å². The maximum Gasteiger partial charge on any atom is 0.242 e. The summed E-state index contributed by atoms with van der Waals surface area (Å²) in [4.78, 5) is 14.0. The van der Waals surface area contributed by atoms with Gasteiger partial charge in [0.2, 0.25) is 5.91 Å². The number of rotatable bonds is 6. The van der Waals surface area contributed by atoms with Crippen LogP contribution in [0.5, 0.6) is 5.75 Å². The van der Waals surface area contributed by atoms with Crippen LogP contribution in [-0.4, -0.2) is 13.0 Å². The van der Waals surface area contributed by atoms with Gasteiger partial charge in [-0.05, 0) is 42.0 Å². The van der Waals surface area contributed by atoms with Crippen LogP contribution in [0.15, 0.2) is 89.8 Å². The van der Waals surface area contributed by atoms with E-state index < -0.39 is 0 Å². The highest BCUT2D eigenvalue weighted by atomic mass is 32.2. The Labute approximate surface area is 152 Å². The van der Waals surface area contributed by atoms with Gasteiger partial charge in [-0.15, -0.1) is 11.8 Å². The van der Waals surface area contributed by atoms with Crippen LogP contribution in [-0.2, 0) is 4.79 Å². The molecule has 1 atom stereocenters. The van der Waals surface area contributed by atoms with E-state index in [1.807, 2.05) is 84.9 Å². The van der Waals surface area contributed by atoms with Gasteiger partial charge in [-0.1, -0.05) is 48.5 Å². The minimum atomic E-state index is -0.328. The first-order valence-corrected chi connectivity index (χ1v) is 8.86. The first kappa shape index (κ1) is 17.1. The predicted molar refractivity (Wildman–Crippen MR) is 103 cm³/mol. The van der Waals surface area contributed by atoms with Crippen LogP contribution in [0.2, 0.25) is 0 Å². The zero-order valence-corrected chi connectivity index (χ0v) is 14.7. The molecule has 0 radical (unpaired) electrons. The van der Waals surface area contributed by atoms with Crippen molar-refractivity contribution in [3.63, 3.8) is 0 Å². The van der Waals surface area contributed by atoms with Crippen LogP contribution in [0.3, 0.4) is 0 Å². The van der Waals surface area contributed by atoms with E-state index in [0.29, 0.717) is 0 Å². The molecule has 0 spiro atoms. The molecular weight excluding hydrogens is 330 g/mol. The highest BCUT2D eigenvalue weighted by molar-refractivity contribution is 8.00. The van der Waals surface area contributed by atoms with E-state index >= 15 is 0 Å². The van der Waals surface area contributed by atoms with Gasteiger partial charge in [0, 0.05) is 10.6 Å². The lowest BCUT2D eigenvalue weighted by Gasteiger charge is -2.17. The Morgan fingerprint density at radius 3 is 2.08 bits per heavy atom. The summed E-state index contributed by atoms with van der Waals surface area (Å²) in [5, 5.41) is 2.67. The maximum atomic E-state index is 12.9. The molecule has 126 valence electrons. The molecule has 3 aromatic rings. The molecule has 25 heavy (non-hydrogen) atoms. The van der Waals surface area contributed by atoms with Crippen LogP contribution >= 0.6 is 11.8 Å². The Balaban J connectivity index is 1.81. The van der Waals surface area contributed by atoms with E-state index in [0.717, 1.165) is 21.9 Å². The highest BCUT2D eigenvalue weighted by Gasteiger charge is 2.22. The van der Waals surface area contributed by atoms with E-state index in [1.165, 1.54) is 0 Å². The molecule has 0 heterocycles. The number of carbonyl (C=O) groups is 1. The minimum absolute atomic E-state index is 0.0507. The van der Waals surface area contributed by atoms with Gasteiger partial charge in [-0.3, -0.25) is 4.79 Å². The molecule has 3 aromatic carbocycles. The lowest BCUT2D eigenvalue weighted by Crippen LogP contribution is -2.19. The van der Waals surface area contributed by atoms with E-state index in [4.69, 9.17) is 4.74 Å². The van der Waals surface area contributed by atoms with E-state index in [9.17, 15) is 4.79 Å². The summed E-state index contributed by atoms with van der Waals surface area (Å²) in [5.41, 5.74) is 1.72. The zero-order chi connectivity index (χ0) is 17.5. The third kappa shape index (κ3) is 4.64. The van der Waals surface area contributed by atoms with Crippen molar-refractivity contribution < 1.29 is 9.53 Å². The number of thioether (sulfide) groups is 1. The van der Waals surface area contributed by atoms with Gasteiger partial charge in [-0.2, -0.15) is 0 Å². The Morgan fingerprint density at radius 1 is 0.880 bits per heavy atom. The number of hydrogen-bond donors (Lipinski definition) is 1. The fourth-order valence-electron chi connectivity index (χ4n) is 2.42. The zero-order valence-electron chi connectivity index (χ0n) is 13.9. The average molecular weight is 349 g/mol. The number of amides is 1. The summed E-state index contributed by atoms with van der Waals surface area (Å²) in [7, 11) is 1.62. The van der Waals surface area contributed by atoms with Gasteiger partial charge in [0.25, 0.3) is 0 Å². The van der Waals surface area contributed by atoms with Crippen molar-refractivity contribution in [3.05, 3.63) is 90.5 Å². The first-order chi connectivity index (χ1) is 12.3. The molecular formula is C21H19NO2S. The minimum Gasteiger partial charge on any atom is -0.497 e. The van der Waals surface area contributed by atoms with Crippen molar-refractivity contribution in [1.29, 1.82) is 0 Å². The molecule has 3 rings (SSSR count). The molecule has 0 saturated carbocycles. The number of benzene rings is 3. The third-order valence-electron chi connectivity index (χ3n) is 3.70. The standard InChI is InChI=1S/C21H19NO2S/c1-24-18-14-12-17(13-15-18)22-21(23)20(16-8-4-2-5-9-16)25-19-10-6-3-7-11-19/h2-15,20H,1H3,(H,22,23)/t20-/m1/s1. The Bertz CT molecular complexity index is 804. The van der Waals surface area contributed by atoms with Gasteiger partial charge in [-0.25, -0.2) is 0 Å². The summed E-state index contributed by atoms with van der Waals surface area (Å²) < 4.78 is 5.15. The fraction of sp³-hybridized carbons (Fsp3) is 0.0952. The fourth-order valence-corrected chi connectivity index (χ4v) is 3.46. The Kier molecular flexibility index (Phi) is 5.75. The largest absolute Gasteiger partial charge is 0.497 e. The molecule has 0 unspecified atom stereocenters. The van der Waals surface area contributed by atoms with Crippen molar-refractivity contribution in [3.8, 4) is 5.75 Å². The Hall–Kier alpha value is -2.72. The number of hydrogen-bond acceptors (Lipinski definition) is 3. The van der Waals surface area contributed by atoms with E-state index in [2.05, 4.69) is 5.32 Å². The maximum absolute atomic E-state index is 12.9. The van der Waals surface area contributed by atoms with Crippen molar-refractivity contribution in [2.45, 2.75) is 10.1 Å². The monoisotopic (exact) mass is 349 g/mol. The number of carbonyl (C=O) groups excluding carboxylic acids is 1. The molecule has 0 bridgehead atoms. The van der Waals surface area contributed by atoms with Crippen molar-refractivity contribution >= 4 is 23.4 Å². The van der Waals surface area contributed by atoms with Crippen molar-refractivity contribution in [2.24, 2.45) is 0 Å². The highest BCUT2D eigenvalue weighted by Crippen LogP contribution is 2.36. The quantitative estimate of drug-likeness (QED) is 0.624. The van der Waals surface area contributed by atoms with Crippen molar-refractivity contribution in [1.82, 2.24) is 0 Å². The second-order valence-corrected chi connectivity index (χ2v) is 6.62. The molecule has 4 heteroatoms. The molecule has 0 fully saturated rings. The molecule has 3 nitrogen and oxygen atoms in total. The molecule has 0 aliphatic carbocycles. The summed E-state index contributed by atoms with van der Waals surface area (Å²) in [5.74, 6) is 0.710. The molecule has 0 aliphatic rings. The summed E-state index contributed by atoms with van der Waals surface area (Å²) in [6.07, 6.45) is 0. The van der Waals surface area contributed by atoms with Crippen LogP contribution < -0.4 is 10.1 Å². The Morgan fingerprint density at radius 2 is 1.48 bits per heavy atom. The third-order valence-corrected chi connectivity index (χ3v) is 4.96. The molecule has 0 aromatic heterocycles. The normalized spacial score (nSPS) is 11.6. The van der Waals surface area contributed by atoms with E-state index in [-0.39, 0.29) is 11.2 Å². The molecule has 1 amide bonds. The number of nitrogens with one attached hydrogen (secondary N) is 1. The van der Waals surface area contributed by atoms with Crippen LogP contribution in [0.25, 0.3) is 0 Å². The van der Waals surface area contributed by atoms with Crippen molar-refractivity contribution in [2.75, 3.05) is 12.4 Å². The number of ether oxygens (including phenoxy) is 1. The van der Waals surface area contributed by atoms with Gasteiger partial charge >= 0.3 is 0 Å². The number of anilines is 1. The average Bonchev–Trinajstić information content (AvgIpc) is 2.68. The topological polar surface area (TPSA) is 38.3 Å². The van der Waals surface area contributed by atoms with E-state index in [1.54, 1.807) is 18.9 Å². The van der Waals surface area contributed by atoms with Gasteiger partial charge in [0.15, 0.2) is 0 Å². The lowest BCUT2D eigenvalue weighted by molar-refractivity contribution is -0.115. The summed E-state index contributed by atoms with van der Waals surface area (Å²) >= 11 is 1.54. The van der Waals surface area contributed by atoms with Crippen LogP contribution in [0, 0.1) is 0 Å². The molecule has 1 N–H and O–H groups in total. The second kappa shape index (κ2) is 8.40. The predicted octanol–water partition coefficient (Wildman–Crippen LogP) is 5.17. The SMILES string of the molecule is COc1ccc(NC(=O)[C@H](Sc2ccccc2)c2ccccc2)cc1. The van der Waals surface area contributed by atoms with Gasteiger partial charge < -0.3 is 10.1 Å². The van der Waals surface area contributed by atoms with Crippen LogP contribution in [0.1, 0.15) is 10.8 Å². The van der Waals surface area contributed by atoms with Gasteiger partial charge in [0.05, 0.1) is 7.11 Å². The van der Waals surface area contributed by atoms with Gasteiger partial charge in [0.1, 0.15) is 11.0 Å². The summed E-state index contributed by atoms with van der Waals surface area (Å²) in [6.45, 7) is 0. The molecule has 0 saturated heterocycles. The summed E-state index contributed by atoms with van der Waals surface area (Å²) in [6, 6.07) is 27.1. The number of methoxy groups -OCH3 is 1. The smallest absolute Gasteiger partial charge is 0.242 e. The second-order valence-electron chi connectivity index (χ2n) is 5.44.